The number of H-pyrrole nitrogens is 2. The van der Waals surface area contributed by atoms with Crippen LogP contribution >= 0.6 is 11.3 Å². The number of pyridine rings is 2. The molecule has 0 saturated carbocycles. The van der Waals surface area contributed by atoms with Gasteiger partial charge in [0.25, 0.3) is 0 Å². The zero-order valence-electron chi connectivity index (χ0n) is 19.9. The van der Waals surface area contributed by atoms with E-state index in [-0.39, 0.29) is 5.78 Å². The molecule has 7 nitrogen and oxygen atoms in total. The van der Waals surface area contributed by atoms with Crippen molar-refractivity contribution in [2.24, 2.45) is 0 Å². The maximum Gasteiger partial charge on any atom is 0.169 e. The van der Waals surface area contributed by atoms with Crippen LogP contribution in [-0.4, -0.2) is 37.5 Å². The van der Waals surface area contributed by atoms with Gasteiger partial charge in [-0.2, -0.15) is 5.10 Å². The highest BCUT2D eigenvalue weighted by molar-refractivity contribution is 7.17. The van der Waals surface area contributed by atoms with Crippen LogP contribution in [0.1, 0.15) is 29.1 Å². The van der Waals surface area contributed by atoms with Gasteiger partial charge in [-0.3, -0.25) is 14.9 Å². The number of hydrogen-bond donors (Lipinski definition) is 3. The fourth-order valence-electron chi connectivity index (χ4n) is 4.45. The van der Waals surface area contributed by atoms with Gasteiger partial charge >= 0.3 is 0 Å². The summed E-state index contributed by atoms with van der Waals surface area (Å²) < 4.78 is 0. The summed E-state index contributed by atoms with van der Waals surface area (Å²) in [6.45, 7) is 5.38. The smallest absolute Gasteiger partial charge is 0.169 e. The molecule has 0 spiro atoms. The van der Waals surface area contributed by atoms with Gasteiger partial charge in [-0.25, -0.2) is 4.98 Å². The molecule has 0 saturated heterocycles. The molecule has 0 amide bonds. The largest absolute Gasteiger partial charge is 0.353 e. The highest BCUT2D eigenvalue weighted by atomic mass is 32.1. The molecule has 0 atom stereocenters. The second-order valence-electron chi connectivity index (χ2n) is 8.72. The third-order valence-electron chi connectivity index (χ3n) is 6.26. The van der Waals surface area contributed by atoms with E-state index in [0.29, 0.717) is 0 Å². The van der Waals surface area contributed by atoms with E-state index < -0.39 is 0 Å². The summed E-state index contributed by atoms with van der Waals surface area (Å²) in [6, 6.07) is 16.5. The molecule has 8 heteroatoms. The maximum atomic E-state index is 11.8. The first-order valence-corrected chi connectivity index (χ1v) is 12.6. The number of nitrogens with zero attached hydrogens (tertiary/aromatic N) is 3. The van der Waals surface area contributed by atoms with Crippen molar-refractivity contribution >= 4 is 39.1 Å². The van der Waals surface area contributed by atoms with Gasteiger partial charge in [-0.15, -0.1) is 11.3 Å². The summed E-state index contributed by atoms with van der Waals surface area (Å²) in [5.41, 5.74) is 7.70. The molecule has 0 radical (unpaired) electrons. The van der Waals surface area contributed by atoms with E-state index in [2.05, 4.69) is 67.7 Å². The summed E-state index contributed by atoms with van der Waals surface area (Å²) in [5.74, 6) is 0.0850. The van der Waals surface area contributed by atoms with Gasteiger partial charge in [0, 0.05) is 63.0 Å². The van der Waals surface area contributed by atoms with Crippen molar-refractivity contribution in [3.63, 3.8) is 0 Å². The molecule has 0 aliphatic heterocycles. The number of Topliss-reactive ketones (excluding diaryl/α,β-unsaturated/α-hetero) is 1. The molecule has 0 aliphatic carbocycles. The van der Waals surface area contributed by atoms with E-state index in [1.807, 2.05) is 36.8 Å². The molecular weight excluding hydrogens is 468 g/mol. The number of fused-ring (bicyclic) bond motifs is 2. The molecule has 0 unspecified atom stereocenters. The van der Waals surface area contributed by atoms with Crippen LogP contribution < -0.4 is 5.32 Å². The highest BCUT2D eigenvalue weighted by Gasteiger charge is 2.16. The first-order valence-electron chi connectivity index (χ1n) is 11.8. The van der Waals surface area contributed by atoms with E-state index in [1.54, 1.807) is 6.92 Å². The summed E-state index contributed by atoms with van der Waals surface area (Å²) >= 11 is 1.52. The molecule has 5 aromatic heterocycles. The van der Waals surface area contributed by atoms with Gasteiger partial charge in [0.15, 0.2) is 11.4 Å². The van der Waals surface area contributed by atoms with Crippen LogP contribution in [0.5, 0.6) is 0 Å². The normalized spacial score (nSPS) is 11.5. The Balaban J connectivity index is 1.42. The van der Waals surface area contributed by atoms with E-state index in [0.717, 1.165) is 78.4 Å². The number of aromatic amines is 2. The number of thiophene rings is 1. The van der Waals surface area contributed by atoms with Crippen molar-refractivity contribution in [2.75, 3.05) is 6.54 Å². The molecule has 6 rings (SSSR count). The lowest BCUT2D eigenvalue weighted by molar-refractivity contribution is 0.102. The van der Waals surface area contributed by atoms with Crippen LogP contribution in [0.4, 0.5) is 0 Å². The highest BCUT2D eigenvalue weighted by Crippen LogP contribution is 2.37. The van der Waals surface area contributed by atoms with Crippen molar-refractivity contribution < 1.29 is 4.79 Å². The topological polar surface area (TPSA) is 99.3 Å². The number of aromatic nitrogens is 5. The van der Waals surface area contributed by atoms with E-state index >= 15 is 0 Å². The Morgan fingerprint density at radius 3 is 2.75 bits per heavy atom. The average molecular weight is 493 g/mol. The zero-order chi connectivity index (χ0) is 24.6. The quantitative estimate of drug-likeness (QED) is 0.230. The van der Waals surface area contributed by atoms with E-state index in [4.69, 9.17) is 0 Å². The van der Waals surface area contributed by atoms with Gasteiger partial charge in [-0.1, -0.05) is 19.1 Å². The second kappa shape index (κ2) is 9.14. The molecule has 0 bridgehead atoms. The van der Waals surface area contributed by atoms with Crippen LogP contribution in [0.25, 0.3) is 54.9 Å². The Hall–Kier alpha value is -4.14. The average Bonchev–Trinajstić information content (AvgIpc) is 3.64. The van der Waals surface area contributed by atoms with Crippen LogP contribution in [0.2, 0.25) is 0 Å². The summed E-state index contributed by atoms with van der Waals surface area (Å²) in [4.78, 5) is 26.2. The van der Waals surface area contributed by atoms with Crippen molar-refractivity contribution in [1.82, 2.24) is 30.5 Å². The Bertz CT molecular complexity index is 1730. The number of hydrogen-bond acceptors (Lipinski definition) is 6. The Morgan fingerprint density at radius 2 is 1.92 bits per heavy atom. The Morgan fingerprint density at radius 1 is 1.03 bits per heavy atom. The predicted molar refractivity (Wildman–Crippen MR) is 145 cm³/mol. The van der Waals surface area contributed by atoms with Gasteiger partial charge < -0.3 is 10.3 Å². The minimum absolute atomic E-state index is 0.0850. The number of nitrogens with one attached hydrogen (secondary N) is 3. The lowest BCUT2D eigenvalue weighted by Gasteiger charge is -2.06. The van der Waals surface area contributed by atoms with Gasteiger partial charge in [0.2, 0.25) is 0 Å². The number of ketones is 1. The van der Waals surface area contributed by atoms with E-state index in [1.165, 1.54) is 11.3 Å². The zero-order valence-corrected chi connectivity index (χ0v) is 20.7. The molecule has 5 heterocycles. The predicted octanol–water partition coefficient (Wildman–Crippen LogP) is 6.21. The first-order chi connectivity index (χ1) is 17.6. The third kappa shape index (κ3) is 4.00. The summed E-state index contributed by atoms with van der Waals surface area (Å²) in [5, 5.41) is 13.0. The van der Waals surface area contributed by atoms with Crippen molar-refractivity contribution in [2.45, 2.75) is 20.4 Å². The minimum Gasteiger partial charge on any atom is -0.353 e. The van der Waals surface area contributed by atoms with Crippen LogP contribution in [0, 0.1) is 0 Å². The Labute approximate surface area is 211 Å². The number of rotatable bonds is 7. The standard InChI is InChI=1S/C28H24N6OS/c1-3-29-12-17-9-18(14-30-13-17)19-10-22-27(33-34-28(22)31-15-19)24-11-21-20(5-4-6-23(21)32-24)26-8-7-25(36-26)16(2)35/h4-11,13-15,29,32H,3,12H2,1-2H3,(H,31,33,34). The molecule has 178 valence electrons. The first kappa shape index (κ1) is 22.3. The van der Waals surface area contributed by atoms with E-state index in [9.17, 15) is 4.79 Å². The molecule has 1 aromatic carbocycles. The second-order valence-corrected chi connectivity index (χ2v) is 9.81. The molecular formula is C28H24N6OS. The van der Waals surface area contributed by atoms with Gasteiger partial charge in [0.1, 0.15) is 5.69 Å². The van der Waals surface area contributed by atoms with Gasteiger partial charge in [-0.05, 0) is 55.4 Å². The number of carbonyl (C=O) groups is 1. The molecule has 36 heavy (non-hydrogen) atoms. The van der Waals surface area contributed by atoms with Crippen LogP contribution in [0.3, 0.4) is 0 Å². The third-order valence-corrected chi connectivity index (χ3v) is 7.48. The fourth-order valence-corrected chi connectivity index (χ4v) is 5.39. The fraction of sp³-hybridized carbons (Fsp3) is 0.143. The van der Waals surface area contributed by atoms with Crippen LogP contribution in [-0.2, 0) is 6.54 Å². The Kier molecular flexibility index (Phi) is 5.67. The summed E-state index contributed by atoms with van der Waals surface area (Å²) in [7, 11) is 0. The lowest BCUT2D eigenvalue weighted by Crippen LogP contribution is -2.11. The molecule has 0 fully saturated rings. The monoisotopic (exact) mass is 492 g/mol. The SMILES string of the molecule is CCNCc1cncc(-c2cnc3[nH]nc(-c4cc5c(-c6ccc(C(C)=O)s6)cccc5[nH]4)c3c2)c1. The minimum atomic E-state index is 0.0850. The van der Waals surface area contributed by atoms with Crippen LogP contribution in [0.15, 0.2) is 67.1 Å². The number of benzene rings is 1. The molecule has 0 aliphatic rings. The maximum absolute atomic E-state index is 11.8. The molecule has 3 N–H and O–H groups in total. The van der Waals surface area contributed by atoms with Crippen molar-refractivity contribution in [3.8, 4) is 33.0 Å². The van der Waals surface area contributed by atoms with Crippen molar-refractivity contribution in [1.29, 1.82) is 0 Å². The molecule has 6 aromatic rings. The van der Waals surface area contributed by atoms with Gasteiger partial charge in [0.05, 0.1) is 10.6 Å². The number of carbonyl (C=O) groups excluding carboxylic acids is 1. The summed E-state index contributed by atoms with van der Waals surface area (Å²) in [6.07, 6.45) is 5.60. The lowest BCUT2D eigenvalue weighted by atomic mass is 10.1. The van der Waals surface area contributed by atoms with Crippen molar-refractivity contribution in [3.05, 3.63) is 77.6 Å².